The molecule has 2 fully saturated rings. The van der Waals surface area contributed by atoms with Gasteiger partial charge in [0.15, 0.2) is 0 Å². The maximum atomic E-state index is 11.8. The fourth-order valence-electron chi connectivity index (χ4n) is 2.75. The fraction of sp³-hybridized carbons (Fsp3) is 0.417. The van der Waals surface area contributed by atoms with Gasteiger partial charge in [0.2, 0.25) is 0 Å². The molecule has 2 bridgehead atoms. The summed E-state index contributed by atoms with van der Waals surface area (Å²) in [5.41, 5.74) is 0.0544. The first-order chi connectivity index (χ1) is 9.06. The van der Waals surface area contributed by atoms with Crippen molar-refractivity contribution in [3.63, 3.8) is 0 Å². The number of nitro benzene ring substituents is 1. The van der Waals surface area contributed by atoms with Crippen LogP contribution in [0.1, 0.15) is 6.42 Å². The summed E-state index contributed by atoms with van der Waals surface area (Å²) in [6.07, 6.45) is 0.612. The minimum absolute atomic E-state index is 0.0338. The van der Waals surface area contributed by atoms with Gasteiger partial charge >= 0.3 is 5.97 Å². The van der Waals surface area contributed by atoms with Crippen molar-refractivity contribution < 1.29 is 14.5 Å². The molecule has 2 atom stereocenters. The Bertz CT molecular complexity index is 564. The molecule has 2 heterocycles. The van der Waals surface area contributed by atoms with E-state index in [0.29, 0.717) is 23.1 Å². The predicted molar refractivity (Wildman–Crippen MR) is 76.6 cm³/mol. The van der Waals surface area contributed by atoms with Crippen LogP contribution in [0.3, 0.4) is 0 Å². The molecule has 0 aromatic heterocycles. The first-order valence-corrected chi connectivity index (χ1v) is 7.38. The van der Waals surface area contributed by atoms with E-state index in [4.69, 9.17) is 4.74 Å². The van der Waals surface area contributed by atoms with E-state index < -0.39 is 16.6 Å². The molecule has 2 saturated heterocycles. The van der Waals surface area contributed by atoms with Crippen LogP contribution in [-0.2, 0) is 9.53 Å². The normalized spacial score (nSPS) is 28.6. The lowest BCUT2D eigenvalue weighted by Gasteiger charge is -2.32. The number of ether oxygens (including phenoxy) is 1. The van der Waals surface area contributed by atoms with Gasteiger partial charge in [-0.15, -0.1) is 0 Å². The third-order valence-electron chi connectivity index (χ3n) is 3.62. The number of anilines is 1. The molecule has 1 aromatic rings. The molecule has 0 aliphatic carbocycles. The molecule has 3 rings (SSSR count). The molecule has 0 unspecified atom stereocenters. The van der Waals surface area contributed by atoms with Gasteiger partial charge in [-0.1, -0.05) is 34.7 Å². The van der Waals surface area contributed by atoms with E-state index in [1.807, 2.05) is 4.90 Å². The molecule has 7 heteroatoms. The number of rotatable bonds is 3. The molecule has 0 amide bonds. The van der Waals surface area contributed by atoms with Crippen LogP contribution >= 0.6 is 22.6 Å². The van der Waals surface area contributed by atoms with Crippen LogP contribution in [0.5, 0.6) is 0 Å². The average Bonchev–Trinajstić information content (AvgIpc) is 2.94. The second kappa shape index (κ2) is 4.32. The van der Waals surface area contributed by atoms with Gasteiger partial charge in [0.05, 0.1) is 11.5 Å². The van der Waals surface area contributed by atoms with Gasteiger partial charge in [-0.05, 0) is 6.07 Å². The Morgan fingerprint density at radius 1 is 1.53 bits per heavy atom. The SMILES string of the molecule is O=C1O[C@@]2(CI)C[C@@H]1N(c1ccccc1[N+](=O)[O-])C2. The number of hydrogen-bond acceptors (Lipinski definition) is 5. The molecule has 100 valence electrons. The van der Waals surface area contributed by atoms with E-state index >= 15 is 0 Å². The molecule has 19 heavy (non-hydrogen) atoms. The zero-order valence-corrected chi connectivity index (χ0v) is 12.1. The zero-order valence-electron chi connectivity index (χ0n) is 9.91. The second-order valence-electron chi connectivity index (χ2n) is 4.83. The Balaban J connectivity index is 2.01. The number of nitro groups is 1. The lowest BCUT2D eigenvalue weighted by atomic mass is 10.1. The van der Waals surface area contributed by atoms with Crippen molar-refractivity contribution in [1.29, 1.82) is 0 Å². The third kappa shape index (κ3) is 1.87. The van der Waals surface area contributed by atoms with Crippen LogP contribution in [0.25, 0.3) is 0 Å². The van der Waals surface area contributed by atoms with Crippen molar-refractivity contribution in [2.24, 2.45) is 0 Å². The molecule has 1 aromatic carbocycles. The van der Waals surface area contributed by atoms with Gasteiger partial charge < -0.3 is 9.64 Å². The first-order valence-electron chi connectivity index (χ1n) is 5.85. The highest BCUT2D eigenvalue weighted by atomic mass is 127. The van der Waals surface area contributed by atoms with E-state index in [2.05, 4.69) is 22.6 Å². The van der Waals surface area contributed by atoms with Crippen molar-refractivity contribution >= 4 is 39.9 Å². The Morgan fingerprint density at radius 3 is 2.89 bits per heavy atom. The standard InChI is InChI=1S/C12H11IN2O4/c13-6-12-5-10(11(16)19-12)14(7-12)8-3-1-2-4-9(8)15(17)18/h1-4,10H,5-7H2/t10-,12+/m0/s1. The van der Waals surface area contributed by atoms with Crippen LogP contribution in [0, 0.1) is 10.1 Å². The highest BCUT2D eigenvalue weighted by Crippen LogP contribution is 2.44. The number of hydrogen-bond donors (Lipinski definition) is 0. The maximum Gasteiger partial charge on any atom is 0.329 e. The quantitative estimate of drug-likeness (QED) is 0.266. The van der Waals surface area contributed by atoms with Gasteiger partial charge in [0.25, 0.3) is 5.69 Å². The summed E-state index contributed by atoms with van der Waals surface area (Å²) in [7, 11) is 0. The molecule has 0 spiro atoms. The Kier molecular flexibility index (Phi) is 2.88. The predicted octanol–water partition coefficient (Wildman–Crippen LogP) is 1.90. The fourth-order valence-corrected chi connectivity index (χ4v) is 3.46. The Morgan fingerprint density at radius 2 is 2.26 bits per heavy atom. The highest BCUT2D eigenvalue weighted by molar-refractivity contribution is 14.1. The summed E-state index contributed by atoms with van der Waals surface area (Å²) in [5.74, 6) is -0.277. The van der Waals surface area contributed by atoms with Crippen LogP contribution in [0.15, 0.2) is 24.3 Å². The summed E-state index contributed by atoms with van der Waals surface area (Å²) in [4.78, 5) is 24.3. The number of nitrogens with zero attached hydrogens (tertiary/aromatic N) is 2. The third-order valence-corrected chi connectivity index (χ3v) is 5.01. The summed E-state index contributed by atoms with van der Waals surface area (Å²) in [6.45, 7) is 0.525. The molecular weight excluding hydrogens is 363 g/mol. The molecule has 2 aliphatic heterocycles. The van der Waals surface area contributed by atoms with E-state index in [1.165, 1.54) is 6.07 Å². The molecule has 2 aliphatic rings. The molecule has 0 N–H and O–H groups in total. The van der Waals surface area contributed by atoms with Crippen molar-refractivity contribution in [1.82, 2.24) is 0 Å². The van der Waals surface area contributed by atoms with Crippen LogP contribution < -0.4 is 4.90 Å². The minimum Gasteiger partial charge on any atom is -0.455 e. The Labute approximate surface area is 123 Å². The number of para-hydroxylation sites is 2. The van der Waals surface area contributed by atoms with Gasteiger partial charge in [0, 0.05) is 16.9 Å². The van der Waals surface area contributed by atoms with Gasteiger partial charge in [0.1, 0.15) is 17.3 Å². The van der Waals surface area contributed by atoms with Gasteiger partial charge in [-0.3, -0.25) is 10.1 Å². The Hall–Kier alpha value is -1.38. The number of fused-ring (bicyclic) bond motifs is 2. The topological polar surface area (TPSA) is 72.7 Å². The maximum absolute atomic E-state index is 11.8. The zero-order chi connectivity index (χ0) is 13.6. The van der Waals surface area contributed by atoms with Crippen molar-refractivity contribution in [2.45, 2.75) is 18.1 Å². The van der Waals surface area contributed by atoms with E-state index in [-0.39, 0.29) is 11.7 Å². The number of benzene rings is 1. The molecule has 0 radical (unpaired) electrons. The van der Waals surface area contributed by atoms with E-state index in [1.54, 1.807) is 18.2 Å². The number of morpholine rings is 1. The van der Waals surface area contributed by atoms with E-state index in [9.17, 15) is 14.9 Å². The van der Waals surface area contributed by atoms with Crippen LogP contribution in [-0.4, -0.2) is 33.5 Å². The second-order valence-corrected chi connectivity index (χ2v) is 5.59. The lowest BCUT2D eigenvalue weighted by molar-refractivity contribution is -0.384. The first kappa shape index (κ1) is 12.6. The number of esters is 1. The average molecular weight is 374 g/mol. The molecule has 0 saturated carbocycles. The lowest BCUT2D eigenvalue weighted by Crippen LogP contribution is -2.46. The summed E-state index contributed by atoms with van der Waals surface area (Å²) in [5, 5.41) is 11.1. The monoisotopic (exact) mass is 374 g/mol. The number of halogens is 1. The summed E-state index contributed by atoms with van der Waals surface area (Å²) < 4.78 is 6.09. The summed E-state index contributed by atoms with van der Waals surface area (Å²) >= 11 is 2.19. The van der Waals surface area contributed by atoms with Crippen LogP contribution in [0.4, 0.5) is 11.4 Å². The summed E-state index contributed by atoms with van der Waals surface area (Å²) in [6, 6.07) is 6.13. The van der Waals surface area contributed by atoms with Crippen molar-refractivity contribution in [2.75, 3.05) is 15.9 Å². The number of carbonyl (C=O) groups excluding carboxylic acids is 1. The van der Waals surface area contributed by atoms with Gasteiger partial charge in [-0.25, -0.2) is 4.79 Å². The van der Waals surface area contributed by atoms with E-state index in [0.717, 1.165) is 0 Å². The number of carbonyl (C=O) groups is 1. The highest BCUT2D eigenvalue weighted by Gasteiger charge is 2.57. The number of alkyl halides is 1. The largest absolute Gasteiger partial charge is 0.455 e. The van der Waals surface area contributed by atoms with Gasteiger partial charge in [-0.2, -0.15) is 0 Å². The molecular formula is C12H11IN2O4. The molecule has 6 nitrogen and oxygen atoms in total. The van der Waals surface area contributed by atoms with Crippen molar-refractivity contribution in [3.05, 3.63) is 34.4 Å². The van der Waals surface area contributed by atoms with Crippen LogP contribution in [0.2, 0.25) is 0 Å². The van der Waals surface area contributed by atoms with Crippen molar-refractivity contribution in [3.8, 4) is 0 Å². The minimum atomic E-state index is -0.480. The smallest absolute Gasteiger partial charge is 0.329 e.